The van der Waals surface area contributed by atoms with Crippen LogP contribution in [0.1, 0.15) is 25.7 Å². The molecule has 4 heteroatoms. The van der Waals surface area contributed by atoms with Gasteiger partial charge in [0.25, 0.3) is 0 Å². The predicted molar refractivity (Wildman–Crippen MR) is 67.8 cm³/mol. The molecule has 0 aromatic carbocycles. The molecule has 0 radical (unpaired) electrons. The summed E-state index contributed by atoms with van der Waals surface area (Å²) in [6.45, 7) is 2.02. The Morgan fingerprint density at radius 2 is 2.06 bits per heavy atom. The maximum atomic E-state index is 4.22. The van der Waals surface area contributed by atoms with Crippen molar-refractivity contribution in [3.63, 3.8) is 0 Å². The summed E-state index contributed by atoms with van der Waals surface area (Å²) in [5.74, 6) is 0. The standard InChI is InChI=1S/C13H22N4/c1-16-12-3-4-13(16)10-11(9-12)14-6-8-17-7-2-5-15-17/h2,5,7,11-14H,3-4,6,8-10H2,1H3. The van der Waals surface area contributed by atoms with E-state index in [9.17, 15) is 0 Å². The molecule has 1 N–H and O–H groups in total. The van der Waals surface area contributed by atoms with Crippen LogP contribution in [-0.4, -0.2) is 46.4 Å². The van der Waals surface area contributed by atoms with E-state index >= 15 is 0 Å². The smallest absolute Gasteiger partial charge is 0.0534 e. The second kappa shape index (κ2) is 4.78. The molecule has 1 aromatic heterocycles. The van der Waals surface area contributed by atoms with Gasteiger partial charge in [-0.25, -0.2) is 0 Å². The third-order valence-corrected chi connectivity index (χ3v) is 4.43. The molecule has 0 aliphatic carbocycles. The van der Waals surface area contributed by atoms with Crippen molar-refractivity contribution in [2.24, 2.45) is 0 Å². The van der Waals surface area contributed by atoms with Crippen molar-refractivity contribution in [2.45, 2.75) is 50.4 Å². The van der Waals surface area contributed by atoms with Gasteiger partial charge in [0.1, 0.15) is 0 Å². The maximum absolute atomic E-state index is 4.22. The van der Waals surface area contributed by atoms with Gasteiger partial charge in [0.15, 0.2) is 0 Å². The van der Waals surface area contributed by atoms with Gasteiger partial charge in [-0.3, -0.25) is 4.68 Å². The van der Waals surface area contributed by atoms with Crippen LogP contribution in [0.5, 0.6) is 0 Å². The number of rotatable bonds is 4. The summed E-state index contributed by atoms with van der Waals surface area (Å²) in [5, 5.41) is 7.92. The van der Waals surface area contributed by atoms with Crippen molar-refractivity contribution < 1.29 is 0 Å². The van der Waals surface area contributed by atoms with Crippen LogP contribution in [0.3, 0.4) is 0 Å². The Morgan fingerprint density at radius 3 is 2.71 bits per heavy atom. The summed E-state index contributed by atoms with van der Waals surface area (Å²) in [6, 6.07) is 4.36. The molecule has 4 nitrogen and oxygen atoms in total. The average molecular weight is 234 g/mol. The van der Waals surface area contributed by atoms with E-state index in [2.05, 4.69) is 22.4 Å². The molecule has 2 unspecified atom stereocenters. The Morgan fingerprint density at radius 1 is 1.29 bits per heavy atom. The van der Waals surface area contributed by atoms with Crippen LogP contribution in [0, 0.1) is 0 Å². The lowest BCUT2D eigenvalue weighted by Crippen LogP contribution is -2.47. The van der Waals surface area contributed by atoms with Crippen LogP contribution in [0.2, 0.25) is 0 Å². The molecule has 1 aromatic rings. The zero-order valence-electron chi connectivity index (χ0n) is 10.5. The third kappa shape index (κ3) is 2.38. The van der Waals surface area contributed by atoms with E-state index in [4.69, 9.17) is 0 Å². The summed E-state index contributed by atoms with van der Waals surface area (Å²) >= 11 is 0. The number of aromatic nitrogens is 2. The minimum atomic E-state index is 0.722. The Bertz CT molecular complexity index is 334. The van der Waals surface area contributed by atoms with E-state index in [1.54, 1.807) is 0 Å². The molecule has 2 bridgehead atoms. The highest BCUT2D eigenvalue weighted by atomic mass is 15.3. The van der Waals surface area contributed by atoms with Crippen LogP contribution < -0.4 is 5.32 Å². The number of hydrogen-bond donors (Lipinski definition) is 1. The second-order valence-corrected chi connectivity index (χ2v) is 5.44. The van der Waals surface area contributed by atoms with Crippen LogP contribution >= 0.6 is 0 Å². The number of fused-ring (bicyclic) bond motifs is 2. The molecule has 17 heavy (non-hydrogen) atoms. The predicted octanol–water partition coefficient (Wildman–Crippen LogP) is 1.10. The molecular weight excluding hydrogens is 212 g/mol. The first-order valence-electron chi connectivity index (χ1n) is 6.75. The maximum Gasteiger partial charge on any atom is 0.0534 e. The third-order valence-electron chi connectivity index (χ3n) is 4.43. The molecular formula is C13H22N4. The monoisotopic (exact) mass is 234 g/mol. The molecule has 3 heterocycles. The summed E-state index contributed by atoms with van der Waals surface area (Å²) < 4.78 is 2.00. The Balaban J connectivity index is 1.44. The van der Waals surface area contributed by atoms with Crippen molar-refractivity contribution in [3.8, 4) is 0 Å². The lowest BCUT2D eigenvalue weighted by molar-refractivity contribution is 0.148. The van der Waals surface area contributed by atoms with E-state index in [-0.39, 0.29) is 0 Å². The van der Waals surface area contributed by atoms with Gasteiger partial charge in [0, 0.05) is 37.1 Å². The lowest BCUT2D eigenvalue weighted by Gasteiger charge is -2.36. The lowest BCUT2D eigenvalue weighted by atomic mass is 9.98. The van der Waals surface area contributed by atoms with Gasteiger partial charge in [-0.15, -0.1) is 0 Å². The summed E-state index contributed by atoms with van der Waals surface area (Å²) in [6.07, 6.45) is 9.32. The van der Waals surface area contributed by atoms with Crippen molar-refractivity contribution in [1.29, 1.82) is 0 Å². The van der Waals surface area contributed by atoms with Gasteiger partial charge < -0.3 is 10.2 Å². The zero-order valence-corrected chi connectivity index (χ0v) is 10.5. The highest BCUT2D eigenvalue weighted by Gasteiger charge is 2.37. The van der Waals surface area contributed by atoms with E-state index < -0.39 is 0 Å². The fourth-order valence-corrected chi connectivity index (χ4v) is 3.39. The van der Waals surface area contributed by atoms with E-state index in [1.165, 1.54) is 25.7 Å². The first kappa shape index (κ1) is 11.2. The average Bonchev–Trinajstić information content (AvgIpc) is 2.87. The summed E-state index contributed by atoms with van der Waals surface area (Å²) in [7, 11) is 2.29. The van der Waals surface area contributed by atoms with Gasteiger partial charge in [-0.1, -0.05) is 0 Å². The first-order valence-corrected chi connectivity index (χ1v) is 6.75. The molecule has 2 aliphatic rings. The number of nitrogens with one attached hydrogen (secondary N) is 1. The van der Waals surface area contributed by atoms with Gasteiger partial charge in [-0.05, 0) is 38.8 Å². The van der Waals surface area contributed by atoms with Gasteiger partial charge in [0.05, 0.1) is 6.54 Å². The highest BCUT2D eigenvalue weighted by molar-refractivity contribution is 4.95. The molecule has 2 aliphatic heterocycles. The van der Waals surface area contributed by atoms with E-state index in [1.807, 2.05) is 23.1 Å². The normalized spacial score (nSPS) is 33.1. The van der Waals surface area contributed by atoms with Crippen LogP contribution in [0.15, 0.2) is 18.5 Å². The van der Waals surface area contributed by atoms with E-state index in [0.29, 0.717) is 0 Å². The molecule has 2 saturated heterocycles. The molecule has 94 valence electrons. The minimum absolute atomic E-state index is 0.722. The molecule has 0 spiro atoms. The van der Waals surface area contributed by atoms with Crippen molar-refractivity contribution in [1.82, 2.24) is 20.0 Å². The Labute approximate surface area is 103 Å². The molecule has 0 amide bonds. The Kier molecular flexibility index (Phi) is 3.16. The summed E-state index contributed by atoms with van der Waals surface area (Å²) in [4.78, 5) is 2.59. The van der Waals surface area contributed by atoms with Crippen LogP contribution in [0.25, 0.3) is 0 Å². The highest BCUT2D eigenvalue weighted by Crippen LogP contribution is 2.33. The summed E-state index contributed by atoms with van der Waals surface area (Å²) in [5.41, 5.74) is 0. The molecule has 2 fully saturated rings. The van der Waals surface area contributed by atoms with Gasteiger partial charge in [-0.2, -0.15) is 5.10 Å². The fourth-order valence-electron chi connectivity index (χ4n) is 3.39. The van der Waals surface area contributed by atoms with Gasteiger partial charge >= 0.3 is 0 Å². The number of nitrogens with zero attached hydrogens (tertiary/aromatic N) is 3. The fraction of sp³-hybridized carbons (Fsp3) is 0.769. The van der Waals surface area contributed by atoms with Crippen LogP contribution in [-0.2, 0) is 6.54 Å². The van der Waals surface area contributed by atoms with Gasteiger partial charge in [0.2, 0.25) is 0 Å². The SMILES string of the molecule is CN1C2CCC1CC(NCCn1cccn1)C2. The second-order valence-electron chi connectivity index (χ2n) is 5.44. The zero-order chi connectivity index (χ0) is 11.7. The first-order chi connectivity index (χ1) is 8.33. The van der Waals surface area contributed by atoms with Crippen molar-refractivity contribution in [2.75, 3.05) is 13.6 Å². The Hall–Kier alpha value is -0.870. The van der Waals surface area contributed by atoms with Crippen LogP contribution in [0.4, 0.5) is 0 Å². The number of piperidine rings is 1. The number of hydrogen-bond acceptors (Lipinski definition) is 3. The molecule has 0 saturated carbocycles. The van der Waals surface area contributed by atoms with E-state index in [0.717, 1.165) is 31.2 Å². The largest absolute Gasteiger partial charge is 0.312 e. The van der Waals surface area contributed by atoms with Crippen molar-refractivity contribution >= 4 is 0 Å². The quantitative estimate of drug-likeness (QED) is 0.847. The van der Waals surface area contributed by atoms with Crippen molar-refractivity contribution in [3.05, 3.63) is 18.5 Å². The minimum Gasteiger partial charge on any atom is -0.312 e. The topological polar surface area (TPSA) is 33.1 Å². The molecule has 3 rings (SSSR count). The molecule has 2 atom stereocenters.